The number of aryl methyl sites for hydroxylation is 1. The fraction of sp³-hybridized carbons (Fsp3) is 0.533. The highest BCUT2D eigenvalue weighted by molar-refractivity contribution is 5.78. The van der Waals surface area contributed by atoms with Crippen LogP contribution in [0, 0.1) is 6.92 Å². The number of rotatable bonds is 6. The van der Waals surface area contributed by atoms with Gasteiger partial charge in [0.05, 0.1) is 6.54 Å². The zero-order chi connectivity index (χ0) is 13.5. The number of nitrogens with zero attached hydrogens (tertiary/aromatic N) is 1. The fourth-order valence-electron chi connectivity index (χ4n) is 1.71. The number of carbonyl (C=O) groups is 1. The predicted octanol–water partition coefficient (Wildman–Crippen LogP) is 2.34. The minimum atomic E-state index is 0.136. The van der Waals surface area contributed by atoms with Crippen LogP contribution in [0.4, 0.5) is 0 Å². The molecule has 0 heterocycles. The Morgan fingerprint density at radius 1 is 1.44 bits per heavy atom. The third-order valence-corrected chi connectivity index (χ3v) is 3.14. The molecule has 3 nitrogen and oxygen atoms in total. The monoisotopic (exact) mass is 248 g/mol. The number of benzene rings is 1. The number of nitrogens with one attached hydrogen (secondary N) is 1. The van der Waals surface area contributed by atoms with E-state index in [9.17, 15) is 4.79 Å². The van der Waals surface area contributed by atoms with Crippen LogP contribution >= 0.6 is 0 Å². The molecule has 1 aromatic carbocycles. The van der Waals surface area contributed by atoms with Gasteiger partial charge in [0.1, 0.15) is 0 Å². The second-order valence-electron chi connectivity index (χ2n) is 4.93. The van der Waals surface area contributed by atoms with Crippen molar-refractivity contribution in [3.63, 3.8) is 0 Å². The standard InChI is InChI=1S/C15H24N2O/c1-5-13(3)16-10-15(18)17(4)11-14-8-6-7-12(2)9-14/h6-9,13,16H,5,10-11H2,1-4H3. The summed E-state index contributed by atoms with van der Waals surface area (Å²) in [4.78, 5) is 13.7. The van der Waals surface area contributed by atoms with Crippen LogP contribution < -0.4 is 5.32 Å². The van der Waals surface area contributed by atoms with Crippen LogP contribution in [0.3, 0.4) is 0 Å². The van der Waals surface area contributed by atoms with E-state index < -0.39 is 0 Å². The van der Waals surface area contributed by atoms with E-state index in [-0.39, 0.29) is 5.91 Å². The average molecular weight is 248 g/mol. The van der Waals surface area contributed by atoms with Gasteiger partial charge in [-0.05, 0) is 25.8 Å². The highest BCUT2D eigenvalue weighted by atomic mass is 16.2. The fourth-order valence-corrected chi connectivity index (χ4v) is 1.71. The molecule has 1 amide bonds. The van der Waals surface area contributed by atoms with Crippen LogP contribution in [0.1, 0.15) is 31.4 Å². The minimum absolute atomic E-state index is 0.136. The Morgan fingerprint density at radius 2 is 2.17 bits per heavy atom. The first-order chi connectivity index (χ1) is 8.52. The van der Waals surface area contributed by atoms with Crippen molar-refractivity contribution < 1.29 is 4.79 Å². The van der Waals surface area contributed by atoms with Crippen LogP contribution in [0.25, 0.3) is 0 Å². The molecule has 1 atom stereocenters. The molecule has 0 radical (unpaired) electrons. The molecular formula is C15H24N2O. The molecule has 0 aliphatic heterocycles. The minimum Gasteiger partial charge on any atom is -0.340 e. The summed E-state index contributed by atoms with van der Waals surface area (Å²) in [5.74, 6) is 0.136. The van der Waals surface area contributed by atoms with Crippen molar-refractivity contribution in [3.05, 3.63) is 35.4 Å². The lowest BCUT2D eigenvalue weighted by atomic mass is 10.1. The molecule has 0 saturated carbocycles. The number of hydrogen-bond acceptors (Lipinski definition) is 2. The topological polar surface area (TPSA) is 32.3 Å². The largest absolute Gasteiger partial charge is 0.340 e. The molecular weight excluding hydrogens is 224 g/mol. The molecule has 0 aromatic heterocycles. The molecule has 0 bridgehead atoms. The van der Waals surface area contributed by atoms with E-state index in [4.69, 9.17) is 0 Å². The molecule has 0 aliphatic carbocycles. The normalized spacial score (nSPS) is 12.2. The first-order valence-corrected chi connectivity index (χ1v) is 6.55. The summed E-state index contributed by atoms with van der Waals surface area (Å²) >= 11 is 0. The van der Waals surface area contributed by atoms with Gasteiger partial charge in [-0.1, -0.05) is 36.8 Å². The van der Waals surface area contributed by atoms with Gasteiger partial charge >= 0.3 is 0 Å². The van der Waals surface area contributed by atoms with Crippen LogP contribution in [0.15, 0.2) is 24.3 Å². The van der Waals surface area contributed by atoms with Crippen molar-refractivity contribution in [2.45, 2.75) is 39.8 Å². The van der Waals surface area contributed by atoms with Gasteiger partial charge in [-0.2, -0.15) is 0 Å². The summed E-state index contributed by atoms with van der Waals surface area (Å²) in [6.07, 6.45) is 1.04. The van der Waals surface area contributed by atoms with E-state index in [1.807, 2.05) is 13.1 Å². The Morgan fingerprint density at radius 3 is 2.78 bits per heavy atom. The van der Waals surface area contributed by atoms with Crippen molar-refractivity contribution in [1.82, 2.24) is 10.2 Å². The Hall–Kier alpha value is -1.35. The van der Waals surface area contributed by atoms with E-state index in [0.29, 0.717) is 19.1 Å². The second-order valence-corrected chi connectivity index (χ2v) is 4.93. The molecule has 3 heteroatoms. The van der Waals surface area contributed by atoms with Crippen molar-refractivity contribution in [2.24, 2.45) is 0 Å². The Labute approximate surface area is 110 Å². The van der Waals surface area contributed by atoms with Gasteiger partial charge in [-0.15, -0.1) is 0 Å². The molecule has 0 fully saturated rings. The van der Waals surface area contributed by atoms with Gasteiger partial charge in [-0.3, -0.25) is 4.79 Å². The Bertz CT molecular complexity index is 390. The van der Waals surface area contributed by atoms with E-state index in [2.05, 4.69) is 44.3 Å². The summed E-state index contributed by atoms with van der Waals surface area (Å²) in [7, 11) is 1.85. The number of likely N-dealkylation sites (N-methyl/N-ethyl adjacent to an activating group) is 1. The predicted molar refractivity (Wildman–Crippen MR) is 75.4 cm³/mol. The van der Waals surface area contributed by atoms with Gasteiger partial charge in [-0.25, -0.2) is 0 Å². The first kappa shape index (κ1) is 14.7. The maximum atomic E-state index is 11.9. The molecule has 0 saturated heterocycles. The maximum Gasteiger partial charge on any atom is 0.236 e. The molecule has 0 aliphatic rings. The summed E-state index contributed by atoms with van der Waals surface area (Å²) < 4.78 is 0. The van der Waals surface area contributed by atoms with Crippen LogP contribution in [-0.4, -0.2) is 30.4 Å². The molecule has 100 valence electrons. The smallest absolute Gasteiger partial charge is 0.236 e. The highest BCUT2D eigenvalue weighted by Gasteiger charge is 2.10. The highest BCUT2D eigenvalue weighted by Crippen LogP contribution is 2.06. The lowest BCUT2D eigenvalue weighted by Crippen LogP contribution is -2.38. The van der Waals surface area contributed by atoms with E-state index in [0.717, 1.165) is 6.42 Å². The van der Waals surface area contributed by atoms with Crippen LogP contribution in [0.2, 0.25) is 0 Å². The summed E-state index contributed by atoms with van der Waals surface area (Å²) in [6.45, 7) is 7.35. The van der Waals surface area contributed by atoms with Crippen LogP contribution in [0.5, 0.6) is 0 Å². The summed E-state index contributed by atoms with van der Waals surface area (Å²) in [6, 6.07) is 8.65. The van der Waals surface area contributed by atoms with E-state index in [1.54, 1.807) is 4.90 Å². The van der Waals surface area contributed by atoms with Crippen LogP contribution in [-0.2, 0) is 11.3 Å². The Balaban J connectivity index is 2.45. The zero-order valence-corrected chi connectivity index (χ0v) is 11.9. The number of amides is 1. The maximum absolute atomic E-state index is 11.9. The number of carbonyl (C=O) groups excluding carboxylic acids is 1. The van der Waals surface area contributed by atoms with E-state index >= 15 is 0 Å². The van der Waals surface area contributed by atoms with E-state index in [1.165, 1.54) is 11.1 Å². The van der Waals surface area contributed by atoms with Gasteiger partial charge in [0.15, 0.2) is 0 Å². The zero-order valence-electron chi connectivity index (χ0n) is 11.9. The van der Waals surface area contributed by atoms with Crippen molar-refractivity contribution in [2.75, 3.05) is 13.6 Å². The van der Waals surface area contributed by atoms with Gasteiger partial charge < -0.3 is 10.2 Å². The SMILES string of the molecule is CCC(C)NCC(=O)N(C)Cc1cccc(C)c1. The quantitative estimate of drug-likeness (QED) is 0.838. The third-order valence-electron chi connectivity index (χ3n) is 3.14. The molecule has 1 unspecified atom stereocenters. The number of hydrogen-bond donors (Lipinski definition) is 1. The second kappa shape index (κ2) is 7.17. The molecule has 0 spiro atoms. The van der Waals surface area contributed by atoms with Crippen molar-refractivity contribution >= 4 is 5.91 Å². The Kier molecular flexibility index (Phi) is 5.86. The molecule has 1 rings (SSSR count). The molecule has 1 aromatic rings. The van der Waals surface area contributed by atoms with Crippen molar-refractivity contribution in [1.29, 1.82) is 0 Å². The van der Waals surface area contributed by atoms with Gasteiger partial charge in [0, 0.05) is 19.6 Å². The van der Waals surface area contributed by atoms with Crippen molar-refractivity contribution in [3.8, 4) is 0 Å². The average Bonchev–Trinajstić information content (AvgIpc) is 2.35. The molecule has 1 N–H and O–H groups in total. The summed E-state index contributed by atoms with van der Waals surface area (Å²) in [5.41, 5.74) is 2.40. The third kappa shape index (κ3) is 4.88. The van der Waals surface area contributed by atoms with Gasteiger partial charge in [0.25, 0.3) is 0 Å². The first-order valence-electron chi connectivity index (χ1n) is 6.55. The lowest BCUT2D eigenvalue weighted by molar-refractivity contribution is -0.129. The summed E-state index contributed by atoms with van der Waals surface area (Å²) in [5, 5.41) is 3.22. The molecule has 18 heavy (non-hydrogen) atoms. The van der Waals surface area contributed by atoms with Gasteiger partial charge in [0.2, 0.25) is 5.91 Å². The lowest BCUT2D eigenvalue weighted by Gasteiger charge is -2.19.